The lowest BCUT2D eigenvalue weighted by Crippen LogP contribution is -2.46. The number of hydrogen-bond donors (Lipinski definition) is 13. The lowest BCUT2D eigenvalue weighted by molar-refractivity contribution is -0.138. The van der Waals surface area contributed by atoms with Crippen LogP contribution < -0.4 is 33.2 Å². The maximum absolute atomic E-state index is 12.3. The Bertz CT molecular complexity index is 3930. The fourth-order valence-corrected chi connectivity index (χ4v) is 10.1. The summed E-state index contributed by atoms with van der Waals surface area (Å²) in [7, 11) is -13.9. The van der Waals surface area contributed by atoms with Gasteiger partial charge in [0.15, 0.2) is 23.1 Å². The van der Waals surface area contributed by atoms with E-state index in [9.17, 15) is 83.4 Å². The van der Waals surface area contributed by atoms with E-state index in [4.69, 9.17) is 91.5 Å². The Morgan fingerprint density at radius 3 is 1.19 bits per heavy atom. The summed E-state index contributed by atoms with van der Waals surface area (Å²) in [4.78, 5) is 117. The topological polar surface area (TPSA) is 574 Å². The van der Waals surface area contributed by atoms with Gasteiger partial charge in [-0.15, -0.1) is 12.4 Å². The van der Waals surface area contributed by atoms with E-state index in [1.54, 1.807) is 62.3 Å². The first-order chi connectivity index (χ1) is 46.3. The van der Waals surface area contributed by atoms with Gasteiger partial charge in [0.2, 0.25) is 5.91 Å². The average molecular weight is 1700 g/mol. The Balaban J connectivity index is -0.00000123. The third kappa shape index (κ3) is 41.3. The number of aromatic hydroxyl groups is 3. The minimum Gasteiger partial charge on any atom is -0.506 e. The van der Waals surface area contributed by atoms with Crippen molar-refractivity contribution < 1.29 is 123 Å². The fraction of sp³-hybridized carbons (Fsp3) is 0.483. The van der Waals surface area contributed by atoms with Crippen molar-refractivity contribution in [2.24, 2.45) is 11.5 Å². The van der Waals surface area contributed by atoms with Crippen molar-refractivity contribution in [1.29, 1.82) is 0 Å². The Hall–Kier alpha value is -7.09. The van der Waals surface area contributed by atoms with Gasteiger partial charge in [-0.3, -0.25) is 51.8 Å². The molecule has 4 atom stereocenters. The first-order valence-corrected chi connectivity index (χ1v) is 36.1. The number of ether oxygens (including phenoxy) is 3. The standard InChI is InChI=1S/C18H24ClNO8S.C14H21N3O4.C12H14ClNO7S.C9H18N2O3.C6H6ClNO4S.CH3I.ClH/c1-10(21)14(20-17(24)28-18(2,3)4)6-5-13(22)8-11-7-12(19)9-15(16(11)23)29(25,26)27;1-10(18)11(16-13(20)21-14(2,3)4)5-6-12(19)17-8-7-15-9-17;13-7-3-6(11(16)10(5-7)22(19,20)21)4-8(15)1-2-9(14)12(17)18;1-6(12)7(5-10)11-8(13)14-9(2,3)4;7-3-1-4(8)6(9)5(2-3)13(10,11)12;1-2;/h7,9,14,23H,5-6,8H2,1-4H3,(H,20,24)(H,25,26,27);7-9,11H,5-6H2,1-4H3,(H,16,20);3,5,9,16H,1-2,4,14H2,(H,17,18)(H,19,20,21);7H,5,10H2,1-4H3,(H,11,13);1-2,9H,8H2,(H,10,11,12);1H3;1H/t14-;11-;9-;7-;;;/m0000.../s1/i;;;;;1D;. The molecule has 4 rings (SSSR count). The average Bonchev–Trinajstić information content (AvgIpc) is 1.06. The Morgan fingerprint density at radius 2 is 0.892 bits per heavy atom. The van der Waals surface area contributed by atoms with Crippen molar-refractivity contribution in [2.75, 3.05) is 17.2 Å². The highest BCUT2D eigenvalue weighted by molar-refractivity contribution is 14.1. The van der Waals surface area contributed by atoms with Gasteiger partial charge in [-0.05, 0) is 144 Å². The number of benzene rings is 3. The highest BCUT2D eigenvalue weighted by Crippen LogP contribution is 2.34. The number of alkyl carbamates (subject to hydrolysis) is 3. The largest absolute Gasteiger partial charge is 0.506 e. The number of aliphatic carboxylic acids is 1. The second-order valence-corrected chi connectivity index (χ2v) is 29.6. The van der Waals surface area contributed by atoms with Crippen LogP contribution in [0.5, 0.6) is 17.2 Å². The Morgan fingerprint density at radius 1 is 0.578 bits per heavy atom. The van der Waals surface area contributed by atoms with Gasteiger partial charge in [0.1, 0.15) is 73.0 Å². The van der Waals surface area contributed by atoms with Crippen LogP contribution in [0.2, 0.25) is 15.1 Å². The number of phenolic OH excluding ortho intramolecular Hbond substituents is 3. The van der Waals surface area contributed by atoms with E-state index >= 15 is 0 Å². The number of imidazole rings is 1. The molecule has 0 unspecified atom stereocenters. The number of ketones is 5. The molecule has 0 aliphatic carbocycles. The third-order valence-corrected chi connectivity index (χ3v) is 15.2. The van der Waals surface area contributed by atoms with Crippen LogP contribution in [0, 0.1) is 0 Å². The molecule has 576 valence electrons. The molecule has 0 aliphatic heterocycles. The zero-order valence-corrected chi connectivity index (χ0v) is 64.9. The molecule has 16 N–H and O–H groups in total. The number of aromatic nitrogens is 2. The van der Waals surface area contributed by atoms with E-state index in [-0.39, 0.29) is 125 Å². The molecule has 4 aromatic rings. The number of nitrogens with one attached hydrogen (secondary N) is 3. The van der Waals surface area contributed by atoms with Crippen LogP contribution >= 0.6 is 69.8 Å². The number of Topliss-reactive ketones (excluding diaryl/α,β-unsaturated/α-hetero) is 5. The number of rotatable bonds is 24. The van der Waals surface area contributed by atoms with Gasteiger partial charge in [0.25, 0.3) is 30.4 Å². The van der Waals surface area contributed by atoms with E-state index < -0.39 is 139 Å². The lowest BCUT2D eigenvalue weighted by atomic mass is 10.0. The third-order valence-electron chi connectivity index (χ3n) is 11.9. The van der Waals surface area contributed by atoms with Gasteiger partial charge in [-0.25, -0.2) is 19.4 Å². The van der Waals surface area contributed by atoms with E-state index in [2.05, 4.69) is 20.9 Å². The van der Waals surface area contributed by atoms with Crippen molar-refractivity contribution in [1.82, 2.24) is 25.5 Å². The van der Waals surface area contributed by atoms with Crippen molar-refractivity contribution in [2.45, 2.75) is 190 Å². The van der Waals surface area contributed by atoms with Gasteiger partial charge < -0.3 is 67.8 Å². The van der Waals surface area contributed by atoms with Crippen LogP contribution in [0.1, 0.15) is 139 Å². The number of nitrogens with two attached hydrogens (primary N) is 3. The zero-order chi connectivity index (χ0) is 80.0. The van der Waals surface area contributed by atoms with Gasteiger partial charge in [-0.2, -0.15) is 25.3 Å². The van der Waals surface area contributed by atoms with Crippen molar-refractivity contribution >= 4 is 165 Å². The monoisotopic (exact) mass is 1700 g/mol. The zero-order valence-electron chi connectivity index (χ0n) is 58.2. The summed E-state index contributed by atoms with van der Waals surface area (Å²) in [6.45, 7) is 19.5. The number of alkyl halides is 1. The maximum atomic E-state index is 12.3. The molecule has 1 heterocycles. The molecule has 34 nitrogen and oxygen atoms in total. The van der Waals surface area contributed by atoms with Crippen molar-refractivity contribution in [3.63, 3.8) is 0 Å². The summed E-state index contributed by atoms with van der Waals surface area (Å²) in [6.07, 6.45) is 1.50. The maximum Gasteiger partial charge on any atom is 0.408 e. The molecule has 3 aromatic carbocycles. The van der Waals surface area contributed by atoms with Crippen LogP contribution in [0.4, 0.5) is 20.1 Å². The van der Waals surface area contributed by atoms with Gasteiger partial charge in [0, 0.05) is 78.6 Å². The van der Waals surface area contributed by atoms with Crippen LogP contribution in [0.3, 0.4) is 0 Å². The highest BCUT2D eigenvalue weighted by atomic mass is 127. The molecule has 0 fully saturated rings. The quantitative estimate of drug-likeness (QED) is 0.00793. The number of nitrogen functional groups attached to an aromatic ring is 1. The summed E-state index contributed by atoms with van der Waals surface area (Å²) in [6, 6.07) is 2.62. The molecule has 42 heteroatoms. The number of amides is 3. The van der Waals surface area contributed by atoms with E-state index in [0.717, 1.165) is 18.2 Å². The molecule has 0 aliphatic rings. The van der Waals surface area contributed by atoms with E-state index in [0.29, 0.717) is 4.91 Å². The summed E-state index contributed by atoms with van der Waals surface area (Å²) in [5.41, 5.74) is 13.4. The van der Waals surface area contributed by atoms with Gasteiger partial charge in [0.05, 0.1) is 17.8 Å². The second-order valence-electron chi connectivity index (χ2n) is 24.1. The summed E-state index contributed by atoms with van der Waals surface area (Å²) in [5, 5.41) is 44.7. The van der Waals surface area contributed by atoms with Crippen LogP contribution in [0.25, 0.3) is 0 Å². The number of nitrogens with zero attached hydrogens (tertiary/aromatic N) is 2. The Kier molecular flexibility index (Phi) is 42.3. The number of carbonyl (C=O) groups is 10. The molecule has 102 heavy (non-hydrogen) atoms. The molecule has 0 saturated heterocycles. The molecule has 3 amide bonds. The summed E-state index contributed by atoms with van der Waals surface area (Å²) < 4.78 is 115. The number of phenols is 3. The number of hydrogen-bond acceptors (Lipinski definition) is 26. The number of carboxylic acid groups (broad SMARTS) is 1. The predicted molar refractivity (Wildman–Crippen MR) is 385 cm³/mol. The predicted octanol–water partition coefficient (Wildman–Crippen LogP) is 7.82. The number of carbonyl (C=O) groups excluding carboxylic acids is 9. The SMILES string of the molecule is CC(=O)[C@H](CCC(=O)Cc1cc(Cl)cc(S(=O)(=O)O)c1O)NC(=O)OC(C)(C)C.CC(=O)[C@H](CCC(=O)n1ccnc1)NC(=O)OC(C)(C)C.CC(=O)[C@H](CN)NC(=O)OC(C)(C)C.Cl.N[C@@H](CCC(=O)Cc1cc(Cl)cc(S(=O)(=O)O)c1O)C(=O)O.Nc1cc(Cl)cc(S(=O)(=O)O)c1O.[2H]CI. The molecule has 0 spiro atoms. The minimum absolute atomic E-state index is 0. The van der Waals surface area contributed by atoms with Crippen LogP contribution in [-0.4, -0.2) is 180 Å². The van der Waals surface area contributed by atoms with Crippen LogP contribution in [-0.2, 0) is 86.2 Å². The lowest BCUT2D eigenvalue weighted by Gasteiger charge is -2.22. The normalized spacial score (nSPS) is 12.5. The smallest absolute Gasteiger partial charge is 0.408 e. The van der Waals surface area contributed by atoms with Crippen molar-refractivity contribution in [3.05, 3.63) is 81.3 Å². The van der Waals surface area contributed by atoms with Gasteiger partial charge >= 0.3 is 24.2 Å². The minimum atomic E-state index is -4.73. The molecule has 1 aromatic heterocycles. The first kappa shape index (κ1) is 97.0. The van der Waals surface area contributed by atoms with E-state index in [1.165, 1.54) is 62.3 Å². The summed E-state index contributed by atoms with van der Waals surface area (Å²) >= 11 is 18.9. The number of anilines is 1. The number of halogens is 5. The molecule has 0 radical (unpaired) electrons. The Labute approximate surface area is 626 Å². The molecular formula is C60H87Cl4IN8O26S3. The van der Waals surface area contributed by atoms with Crippen molar-refractivity contribution in [3.8, 4) is 17.2 Å². The number of carboxylic acids is 1. The van der Waals surface area contributed by atoms with E-state index in [1.807, 2.05) is 22.6 Å². The fourth-order valence-electron chi connectivity index (χ4n) is 7.29. The molecule has 0 bridgehead atoms. The highest BCUT2D eigenvalue weighted by Gasteiger charge is 2.28. The van der Waals surface area contributed by atoms with Gasteiger partial charge in [-0.1, -0.05) is 57.4 Å². The molecule has 0 saturated carbocycles. The summed E-state index contributed by atoms with van der Waals surface area (Å²) in [5.74, 6) is -5.37. The first-order valence-electron chi connectivity index (χ1n) is 29.8. The molecular weight excluding hydrogens is 1610 g/mol. The van der Waals surface area contributed by atoms with Crippen LogP contribution in [0.15, 0.2) is 69.8 Å². The second kappa shape index (κ2) is 44.5.